The van der Waals surface area contributed by atoms with Gasteiger partial charge in [-0.1, -0.05) is 17.7 Å². The van der Waals surface area contributed by atoms with Crippen molar-refractivity contribution in [3.63, 3.8) is 0 Å². The van der Waals surface area contributed by atoms with Gasteiger partial charge in [-0.25, -0.2) is 0 Å². The molecule has 1 fully saturated rings. The first-order valence-electron chi connectivity index (χ1n) is 5.37. The van der Waals surface area contributed by atoms with Crippen molar-refractivity contribution in [3.05, 3.63) is 28.8 Å². The van der Waals surface area contributed by atoms with Crippen LogP contribution in [0, 0.1) is 12.3 Å². The first-order valence-corrected chi connectivity index (χ1v) is 5.75. The number of ketones is 1. The van der Waals surface area contributed by atoms with E-state index in [1.807, 2.05) is 39.0 Å². The van der Waals surface area contributed by atoms with Crippen LogP contribution in [-0.4, -0.2) is 11.9 Å². The second kappa shape index (κ2) is 3.77. The second-order valence-electron chi connectivity index (χ2n) is 4.89. The topological polar surface area (TPSA) is 26.3 Å². The molecule has 0 saturated heterocycles. The van der Waals surface area contributed by atoms with Crippen LogP contribution in [-0.2, 0) is 4.79 Å². The van der Waals surface area contributed by atoms with E-state index in [-0.39, 0.29) is 17.3 Å². The number of hydrogen-bond acceptors (Lipinski definition) is 2. The summed E-state index contributed by atoms with van der Waals surface area (Å²) in [4.78, 5) is 11.4. The second-order valence-corrected chi connectivity index (χ2v) is 5.30. The summed E-state index contributed by atoms with van der Waals surface area (Å²) in [6.07, 6.45) is 0.428. The summed E-state index contributed by atoms with van der Waals surface area (Å²) in [5.74, 6) is 0.915. The molecule has 0 aliphatic heterocycles. The van der Waals surface area contributed by atoms with Gasteiger partial charge in [0.1, 0.15) is 17.6 Å². The van der Waals surface area contributed by atoms with Crippen molar-refractivity contribution < 1.29 is 9.53 Å². The van der Waals surface area contributed by atoms with Crippen molar-refractivity contribution in [2.24, 2.45) is 5.41 Å². The summed E-state index contributed by atoms with van der Waals surface area (Å²) in [7, 11) is 0. The molecule has 1 aliphatic carbocycles. The van der Waals surface area contributed by atoms with Gasteiger partial charge < -0.3 is 4.74 Å². The van der Waals surface area contributed by atoms with E-state index in [4.69, 9.17) is 16.3 Å². The third-order valence-corrected chi connectivity index (χ3v) is 3.55. The van der Waals surface area contributed by atoms with Crippen molar-refractivity contribution in [1.29, 1.82) is 0 Å². The van der Waals surface area contributed by atoms with Crippen molar-refractivity contribution in [2.75, 3.05) is 0 Å². The Bertz CT molecular complexity index is 438. The summed E-state index contributed by atoms with van der Waals surface area (Å²) < 4.78 is 5.77. The van der Waals surface area contributed by atoms with Gasteiger partial charge in [0.15, 0.2) is 0 Å². The van der Waals surface area contributed by atoms with Crippen LogP contribution in [0.4, 0.5) is 0 Å². The monoisotopic (exact) mass is 238 g/mol. The summed E-state index contributed by atoms with van der Waals surface area (Å²) in [5, 5.41) is 0.607. The number of aryl methyl sites for hydroxylation is 1. The average molecular weight is 239 g/mol. The smallest absolute Gasteiger partial charge is 0.145 e. The molecule has 1 saturated carbocycles. The molecule has 0 N–H and O–H groups in total. The van der Waals surface area contributed by atoms with E-state index < -0.39 is 0 Å². The maximum Gasteiger partial charge on any atom is 0.145 e. The maximum absolute atomic E-state index is 11.4. The molecule has 1 unspecified atom stereocenters. The van der Waals surface area contributed by atoms with Crippen molar-refractivity contribution in [3.8, 4) is 5.75 Å². The highest BCUT2D eigenvalue weighted by atomic mass is 35.5. The van der Waals surface area contributed by atoms with E-state index in [1.165, 1.54) is 0 Å². The van der Waals surface area contributed by atoms with E-state index in [9.17, 15) is 4.79 Å². The summed E-state index contributed by atoms with van der Waals surface area (Å²) >= 11 is 6.07. The molecule has 16 heavy (non-hydrogen) atoms. The van der Waals surface area contributed by atoms with Crippen LogP contribution < -0.4 is 4.74 Å². The number of rotatable bonds is 2. The number of Topliss-reactive ketones (excluding diaryl/α,β-unsaturated/α-hetero) is 1. The lowest BCUT2D eigenvalue weighted by Gasteiger charge is -2.42. The standard InChI is InChI=1S/C13H15ClO2/c1-8-4-5-10(9(14)6-8)16-12-7-11(15)13(12,2)3/h4-6,12H,7H2,1-3H3. The summed E-state index contributed by atoms with van der Waals surface area (Å²) in [6, 6.07) is 5.68. The average Bonchev–Trinajstić information content (AvgIpc) is 2.21. The van der Waals surface area contributed by atoms with Crippen molar-refractivity contribution in [2.45, 2.75) is 33.3 Å². The van der Waals surface area contributed by atoms with Crippen LogP contribution >= 0.6 is 11.6 Å². The van der Waals surface area contributed by atoms with Crippen LogP contribution in [0.1, 0.15) is 25.8 Å². The minimum Gasteiger partial charge on any atom is -0.487 e. The maximum atomic E-state index is 11.4. The number of hydrogen-bond donors (Lipinski definition) is 0. The first kappa shape index (κ1) is 11.5. The molecule has 2 nitrogen and oxygen atoms in total. The largest absolute Gasteiger partial charge is 0.487 e. The molecule has 0 radical (unpaired) electrons. The number of ether oxygens (including phenoxy) is 1. The Morgan fingerprint density at radius 3 is 2.62 bits per heavy atom. The molecule has 2 rings (SSSR count). The highest BCUT2D eigenvalue weighted by Crippen LogP contribution is 2.40. The predicted octanol–water partition coefficient (Wildman–Crippen LogP) is 3.39. The van der Waals surface area contributed by atoms with Crippen molar-refractivity contribution in [1.82, 2.24) is 0 Å². The van der Waals surface area contributed by atoms with Gasteiger partial charge in [-0.05, 0) is 38.5 Å². The van der Waals surface area contributed by atoms with Crippen LogP contribution in [0.5, 0.6) is 5.75 Å². The Labute approximate surface area is 101 Å². The Morgan fingerprint density at radius 2 is 2.12 bits per heavy atom. The van der Waals surface area contributed by atoms with Gasteiger partial charge in [0.05, 0.1) is 10.4 Å². The molecule has 0 aromatic heterocycles. The van der Waals surface area contributed by atoms with Gasteiger partial charge in [-0.2, -0.15) is 0 Å². The summed E-state index contributed by atoms with van der Waals surface area (Å²) in [6.45, 7) is 5.80. The van der Waals surface area contributed by atoms with E-state index in [1.54, 1.807) is 0 Å². The van der Waals surface area contributed by atoms with Crippen LogP contribution in [0.15, 0.2) is 18.2 Å². The third-order valence-electron chi connectivity index (χ3n) is 3.25. The van der Waals surface area contributed by atoms with Crippen LogP contribution in [0.3, 0.4) is 0 Å². The Morgan fingerprint density at radius 1 is 1.44 bits per heavy atom. The molecule has 1 aliphatic rings. The minimum atomic E-state index is -0.381. The van der Waals surface area contributed by atoms with Gasteiger partial charge in [0.25, 0.3) is 0 Å². The van der Waals surface area contributed by atoms with Gasteiger partial charge in [0.2, 0.25) is 0 Å². The lowest BCUT2D eigenvalue weighted by Crippen LogP contribution is -2.53. The molecular weight excluding hydrogens is 224 g/mol. The number of carbonyl (C=O) groups is 1. The molecule has 1 atom stereocenters. The van der Waals surface area contributed by atoms with Gasteiger partial charge in [-0.15, -0.1) is 0 Å². The number of halogens is 1. The molecule has 0 bridgehead atoms. The van der Waals surface area contributed by atoms with E-state index in [0.717, 1.165) is 5.56 Å². The normalized spacial score (nSPS) is 22.8. The van der Waals surface area contributed by atoms with E-state index >= 15 is 0 Å². The summed E-state index contributed by atoms with van der Waals surface area (Å²) in [5.41, 5.74) is 0.718. The zero-order valence-corrected chi connectivity index (χ0v) is 10.5. The van der Waals surface area contributed by atoms with Gasteiger partial charge in [0, 0.05) is 6.42 Å². The molecule has 1 aromatic carbocycles. The minimum absolute atomic E-state index is 0.0554. The fraction of sp³-hybridized carbons (Fsp3) is 0.462. The first-order chi connectivity index (χ1) is 7.41. The molecule has 0 spiro atoms. The lowest BCUT2D eigenvalue weighted by molar-refractivity contribution is -0.148. The zero-order valence-electron chi connectivity index (χ0n) is 9.71. The molecule has 0 amide bonds. The molecule has 3 heteroatoms. The van der Waals surface area contributed by atoms with Crippen molar-refractivity contribution >= 4 is 17.4 Å². The predicted molar refractivity (Wildman–Crippen MR) is 64.0 cm³/mol. The number of carbonyl (C=O) groups excluding carboxylic acids is 1. The molecule has 86 valence electrons. The quantitative estimate of drug-likeness (QED) is 0.790. The van der Waals surface area contributed by atoms with Crippen LogP contribution in [0.2, 0.25) is 5.02 Å². The highest BCUT2D eigenvalue weighted by molar-refractivity contribution is 6.32. The fourth-order valence-electron chi connectivity index (χ4n) is 1.78. The fourth-order valence-corrected chi connectivity index (χ4v) is 2.06. The Hall–Kier alpha value is -1.02. The third kappa shape index (κ3) is 1.82. The van der Waals surface area contributed by atoms with E-state index in [0.29, 0.717) is 17.2 Å². The van der Waals surface area contributed by atoms with Gasteiger partial charge >= 0.3 is 0 Å². The Balaban J connectivity index is 2.14. The SMILES string of the molecule is Cc1ccc(OC2CC(=O)C2(C)C)c(Cl)c1. The van der Waals surface area contributed by atoms with Gasteiger partial charge in [-0.3, -0.25) is 4.79 Å². The Kier molecular flexibility index (Phi) is 2.70. The molecule has 0 heterocycles. The van der Waals surface area contributed by atoms with Crippen LogP contribution in [0.25, 0.3) is 0 Å². The molecular formula is C13H15ClO2. The highest BCUT2D eigenvalue weighted by Gasteiger charge is 2.49. The molecule has 1 aromatic rings. The zero-order chi connectivity index (χ0) is 11.9. The number of benzene rings is 1. The lowest BCUT2D eigenvalue weighted by atomic mass is 9.68. The van der Waals surface area contributed by atoms with E-state index in [2.05, 4.69) is 0 Å².